The maximum absolute atomic E-state index is 11.7. The van der Waals surface area contributed by atoms with Crippen LogP contribution in [0.15, 0.2) is 48.8 Å². The molecule has 33 heavy (non-hydrogen) atoms. The molecular weight excluding hydrogens is 418 g/mol. The van der Waals surface area contributed by atoms with Gasteiger partial charge >= 0.3 is 0 Å². The summed E-state index contributed by atoms with van der Waals surface area (Å²) in [7, 11) is 0. The van der Waals surface area contributed by atoms with E-state index in [1.165, 1.54) is 0 Å². The van der Waals surface area contributed by atoms with E-state index in [0.717, 1.165) is 28.7 Å². The van der Waals surface area contributed by atoms with Crippen molar-refractivity contribution in [2.24, 2.45) is 0 Å². The lowest BCUT2D eigenvalue weighted by molar-refractivity contribution is 0.112. The molecule has 1 aromatic carbocycles. The Bertz CT molecular complexity index is 1540. The number of aldehydes is 1. The van der Waals surface area contributed by atoms with Gasteiger partial charge in [0.05, 0.1) is 28.0 Å². The molecule has 10 heteroatoms. The number of nitriles is 1. The van der Waals surface area contributed by atoms with Crippen molar-refractivity contribution in [2.45, 2.75) is 13.8 Å². The summed E-state index contributed by atoms with van der Waals surface area (Å²) in [4.78, 5) is 20.9. The van der Waals surface area contributed by atoms with Crippen molar-refractivity contribution < 1.29 is 4.79 Å². The Morgan fingerprint density at radius 1 is 1.12 bits per heavy atom. The zero-order valence-corrected chi connectivity index (χ0v) is 17.7. The highest BCUT2D eigenvalue weighted by atomic mass is 16.1. The minimum atomic E-state index is 0.182. The molecule has 0 saturated carbocycles. The number of pyridine rings is 1. The van der Waals surface area contributed by atoms with Crippen LogP contribution < -0.4 is 5.32 Å². The Hall–Kier alpha value is -4.91. The number of hydrogen-bond donors (Lipinski definition) is 2. The molecule has 2 N–H and O–H groups in total. The first-order chi connectivity index (χ1) is 16.1. The van der Waals surface area contributed by atoms with Gasteiger partial charge in [0.25, 0.3) is 0 Å². The highest BCUT2D eigenvalue weighted by molar-refractivity contribution is 5.88. The van der Waals surface area contributed by atoms with Crippen LogP contribution in [0.1, 0.15) is 27.4 Å². The van der Waals surface area contributed by atoms with Gasteiger partial charge in [-0.3, -0.25) is 14.5 Å². The molecule has 4 aromatic heterocycles. The lowest BCUT2D eigenvalue weighted by atomic mass is 10.0. The van der Waals surface area contributed by atoms with Crippen LogP contribution in [0.4, 0.5) is 11.5 Å². The second-order valence-electron chi connectivity index (χ2n) is 7.41. The number of imidazole rings is 1. The van der Waals surface area contributed by atoms with Gasteiger partial charge in [0.2, 0.25) is 0 Å². The first-order valence-corrected chi connectivity index (χ1v) is 10.0. The second-order valence-corrected chi connectivity index (χ2v) is 7.41. The number of fused-ring (bicyclic) bond motifs is 1. The van der Waals surface area contributed by atoms with Crippen molar-refractivity contribution in [3.05, 3.63) is 71.4 Å². The van der Waals surface area contributed by atoms with Crippen LogP contribution in [-0.4, -0.2) is 41.2 Å². The number of aryl methyl sites for hydroxylation is 2. The number of nitrogens with zero attached hydrogens (tertiary/aromatic N) is 7. The van der Waals surface area contributed by atoms with Crippen LogP contribution in [0.25, 0.3) is 28.1 Å². The average Bonchev–Trinajstić information content (AvgIpc) is 3.43. The van der Waals surface area contributed by atoms with Gasteiger partial charge in [-0.05, 0) is 56.3 Å². The maximum atomic E-state index is 11.7. The Morgan fingerprint density at radius 2 is 2.00 bits per heavy atom. The van der Waals surface area contributed by atoms with E-state index in [2.05, 4.69) is 30.7 Å². The molecule has 0 spiro atoms. The van der Waals surface area contributed by atoms with Crippen molar-refractivity contribution >= 4 is 28.8 Å². The van der Waals surface area contributed by atoms with Crippen molar-refractivity contribution in [1.29, 1.82) is 5.26 Å². The largest absolute Gasteiger partial charge is 0.339 e. The van der Waals surface area contributed by atoms with Crippen LogP contribution in [0.3, 0.4) is 0 Å². The van der Waals surface area contributed by atoms with Gasteiger partial charge < -0.3 is 5.32 Å². The Morgan fingerprint density at radius 3 is 2.76 bits per heavy atom. The van der Waals surface area contributed by atoms with Crippen LogP contribution in [0.2, 0.25) is 0 Å². The van der Waals surface area contributed by atoms with Crippen LogP contribution in [0, 0.1) is 25.2 Å². The molecular formula is C23H17N9O. The molecule has 0 bridgehead atoms. The number of nitrogens with one attached hydrogen (secondary N) is 2. The predicted molar refractivity (Wildman–Crippen MR) is 121 cm³/mol. The number of hydrogen-bond acceptors (Lipinski definition) is 8. The third-order valence-corrected chi connectivity index (χ3v) is 5.19. The number of benzene rings is 1. The van der Waals surface area contributed by atoms with Gasteiger partial charge in [-0.2, -0.15) is 15.5 Å². The summed E-state index contributed by atoms with van der Waals surface area (Å²) < 4.78 is 1.82. The highest BCUT2D eigenvalue weighted by Gasteiger charge is 2.19. The number of carbonyl (C=O) groups excluding carboxylic acids is 1. The molecule has 0 radical (unpaired) electrons. The quantitative estimate of drug-likeness (QED) is 0.399. The predicted octanol–water partition coefficient (Wildman–Crippen LogP) is 3.65. The summed E-state index contributed by atoms with van der Waals surface area (Å²) in [5.74, 6) is 1.18. The van der Waals surface area contributed by atoms with Crippen molar-refractivity contribution in [2.75, 3.05) is 5.32 Å². The molecule has 4 heterocycles. The SMILES string of the molecule is Cc1ccc(Nc2ccc3ncn(-c4ccc(C=O)c(-c5c(C#N)n[nH]c5C)n4)c3c2)nn1. The van der Waals surface area contributed by atoms with Crippen LogP contribution in [-0.2, 0) is 0 Å². The zero-order chi connectivity index (χ0) is 22.9. The first kappa shape index (κ1) is 20.0. The molecule has 0 atom stereocenters. The standard InChI is InChI=1S/C23H17N9O/c1-13-3-7-20(31-28-13)26-16-5-6-17-19(9-16)32(12-25-17)21-8-4-15(11-33)23(27-21)22-14(2)29-30-18(22)10-24/h3-9,11-12H,1-2H3,(H,26,31)(H,29,30). The van der Waals surface area contributed by atoms with Crippen LogP contribution in [0.5, 0.6) is 0 Å². The summed E-state index contributed by atoms with van der Waals surface area (Å²) in [6.45, 7) is 3.66. The molecule has 160 valence electrons. The van der Waals surface area contributed by atoms with Gasteiger partial charge in [-0.25, -0.2) is 9.97 Å². The third kappa shape index (κ3) is 3.57. The van der Waals surface area contributed by atoms with E-state index in [4.69, 9.17) is 4.98 Å². The van der Waals surface area contributed by atoms with Crippen LogP contribution >= 0.6 is 0 Å². The van der Waals surface area contributed by atoms with E-state index in [-0.39, 0.29) is 5.69 Å². The first-order valence-electron chi connectivity index (χ1n) is 10.0. The number of aromatic amines is 1. The van der Waals surface area contributed by atoms with E-state index in [0.29, 0.717) is 34.2 Å². The van der Waals surface area contributed by atoms with E-state index in [1.54, 1.807) is 25.4 Å². The monoisotopic (exact) mass is 435 g/mol. The lowest BCUT2D eigenvalue weighted by Gasteiger charge is -2.10. The molecule has 0 saturated heterocycles. The van der Waals surface area contributed by atoms with E-state index < -0.39 is 0 Å². The maximum Gasteiger partial charge on any atom is 0.171 e. The van der Waals surface area contributed by atoms with Gasteiger partial charge in [-0.15, -0.1) is 5.10 Å². The second kappa shape index (κ2) is 7.97. The fourth-order valence-electron chi connectivity index (χ4n) is 3.57. The number of anilines is 2. The zero-order valence-electron chi connectivity index (χ0n) is 17.7. The number of H-pyrrole nitrogens is 1. The Kier molecular flexibility index (Phi) is 4.84. The summed E-state index contributed by atoms with van der Waals surface area (Å²) in [5, 5.41) is 27.7. The fourth-order valence-corrected chi connectivity index (χ4v) is 3.57. The highest BCUT2D eigenvalue weighted by Crippen LogP contribution is 2.29. The molecule has 0 fully saturated rings. The Labute approximate surface area is 188 Å². The van der Waals surface area contributed by atoms with E-state index in [9.17, 15) is 10.1 Å². The molecule has 0 aliphatic heterocycles. The fraction of sp³-hybridized carbons (Fsp3) is 0.0870. The molecule has 10 nitrogen and oxygen atoms in total. The van der Waals surface area contributed by atoms with Crippen molar-refractivity contribution in [3.63, 3.8) is 0 Å². The minimum absolute atomic E-state index is 0.182. The lowest BCUT2D eigenvalue weighted by Crippen LogP contribution is -2.02. The Balaban J connectivity index is 1.60. The van der Waals surface area contributed by atoms with Gasteiger partial charge in [-0.1, -0.05) is 0 Å². The normalized spacial score (nSPS) is 10.8. The third-order valence-electron chi connectivity index (χ3n) is 5.19. The molecule has 5 rings (SSSR count). The van der Waals surface area contributed by atoms with E-state index in [1.807, 2.05) is 47.9 Å². The molecule has 0 amide bonds. The minimum Gasteiger partial charge on any atom is -0.339 e. The summed E-state index contributed by atoms with van der Waals surface area (Å²) in [5.41, 5.74) is 5.32. The van der Waals surface area contributed by atoms with Gasteiger partial charge in [0.15, 0.2) is 17.8 Å². The van der Waals surface area contributed by atoms with E-state index >= 15 is 0 Å². The smallest absolute Gasteiger partial charge is 0.171 e. The molecule has 0 aliphatic carbocycles. The van der Waals surface area contributed by atoms with Crippen molar-refractivity contribution in [3.8, 4) is 23.1 Å². The van der Waals surface area contributed by atoms with Gasteiger partial charge in [0.1, 0.15) is 18.2 Å². The topological polar surface area (TPSA) is 138 Å². The molecule has 0 unspecified atom stereocenters. The number of rotatable bonds is 5. The molecule has 5 aromatic rings. The molecule has 0 aliphatic rings. The number of carbonyl (C=O) groups is 1. The summed E-state index contributed by atoms with van der Waals surface area (Å²) in [6.07, 6.45) is 2.39. The van der Waals surface area contributed by atoms with Crippen molar-refractivity contribution in [1.82, 2.24) is 34.9 Å². The number of aromatic nitrogens is 7. The summed E-state index contributed by atoms with van der Waals surface area (Å²) in [6, 6.07) is 14.9. The van der Waals surface area contributed by atoms with Gasteiger partial charge in [0, 0.05) is 16.9 Å². The average molecular weight is 435 g/mol. The summed E-state index contributed by atoms with van der Waals surface area (Å²) >= 11 is 0.